The molecule has 124 valence electrons. The van der Waals surface area contributed by atoms with Gasteiger partial charge in [-0.3, -0.25) is 0 Å². The van der Waals surface area contributed by atoms with Crippen molar-refractivity contribution in [1.29, 1.82) is 0 Å². The van der Waals surface area contributed by atoms with Crippen LogP contribution in [0.4, 0.5) is 0 Å². The summed E-state index contributed by atoms with van der Waals surface area (Å²) in [5.74, 6) is 0.904. The number of rotatable bonds is 5. The third-order valence-corrected chi connectivity index (χ3v) is 4.64. The van der Waals surface area contributed by atoms with Crippen molar-refractivity contribution in [3.05, 3.63) is 102 Å². The van der Waals surface area contributed by atoms with Crippen molar-refractivity contribution in [3.63, 3.8) is 0 Å². The third kappa shape index (κ3) is 3.29. The first-order valence-electron chi connectivity index (χ1n) is 8.63. The normalized spacial score (nSPS) is 12.2. The molecule has 0 radical (unpaired) electrons. The molecule has 0 fully saturated rings. The Morgan fingerprint density at radius 2 is 1.56 bits per heavy atom. The highest BCUT2D eigenvalue weighted by Crippen LogP contribution is 2.27. The van der Waals surface area contributed by atoms with E-state index in [1.165, 1.54) is 22.0 Å². The Bertz CT molecular complexity index is 957. The standard InChI is InChI=1S/C23H21NO/c1-18(20-10-6-3-7-11-20)24-15-14-21-16-22(12-13-23(21)24)25-17-19-8-4-2-5-9-19/h2-16,18H,17H2,1H3. The van der Waals surface area contributed by atoms with E-state index in [2.05, 4.69) is 84.4 Å². The Balaban J connectivity index is 1.57. The smallest absolute Gasteiger partial charge is 0.120 e. The fourth-order valence-corrected chi connectivity index (χ4v) is 3.20. The molecule has 0 spiro atoms. The molecule has 0 saturated carbocycles. The number of hydrogen-bond acceptors (Lipinski definition) is 1. The maximum atomic E-state index is 5.95. The average molecular weight is 327 g/mol. The summed E-state index contributed by atoms with van der Waals surface area (Å²) in [7, 11) is 0. The van der Waals surface area contributed by atoms with E-state index < -0.39 is 0 Å². The second-order valence-corrected chi connectivity index (χ2v) is 6.30. The largest absolute Gasteiger partial charge is 0.489 e. The highest BCUT2D eigenvalue weighted by atomic mass is 16.5. The Labute approximate surface area is 148 Å². The minimum atomic E-state index is 0.301. The minimum Gasteiger partial charge on any atom is -0.489 e. The summed E-state index contributed by atoms with van der Waals surface area (Å²) in [5.41, 5.74) is 3.71. The van der Waals surface area contributed by atoms with Gasteiger partial charge in [-0.1, -0.05) is 60.7 Å². The van der Waals surface area contributed by atoms with Crippen LogP contribution in [0, 0.1) is 0 Å². The number of aromatic nitrogens is 1. The van der Waals surface area contributed by atoms with Gasteiger partial charge in [0, 0.05) is 17.1 Å². The van der Waals surface area contributed by atoms with Gasteiger partial charge < -0.3 is 9.30 Å². The molecule has 1 aromatic heterocycles. The van der Waals surface area contributed by atoms with Crippen molar-refractivity contribution in [2.24, 2.45) is 0 Å². The first-order chi connectivity index (χ1) is 12.3. The van der Waals surface area contributed by atoms with Crippen LogP contribution in [0.25, 0.3) is 10.9 Å². The van der Waals surface area contributed by atoms with E-state index in [9.17, 15) is 0 Å². The van der Waals surface area contributed by atoms with E-state index in [0.29, 0.717) is 12.6 Å². The zero-order chi connectivity index (χ0) is 17.1. The molecule has 3 aromatic carbocycles. The zero-order valence-corrected chi connectivity index (χ0v) is 14.3. The fraction of sp³-hybridized carbons (Fsp3) is 0.130. The first-order valence-corrected chi connectivity index (χ1v) is 8.63. The molecular formula is C23H21NO. The number of fused-ring (bicyclic) bond motifs is 1. The van der Waals surface area contributed by atoms with Crippen LogP contribution in [0.15, 0.2) is 91.1 Å². The van der Waals surface area contributed by atoms with Gasteiger partial charge in [0.2, 0.25) is 0 Å². The van der Waals surface area contributed by atoms with Crippen molar-refractivity contribution in [1.82, 2.24) is 4.57 Å². The van der Waals surface area contributed by atoms with Crippen LogP contribution in [-0.2, 0) is 6.61 Å². The van der Waals surface area contributed by atoms with Gasteiger partial charge in [-0.05, 0) is 42.3 Å². The van der Waals surface area contributed by atoms with Gasteiger partial charge in [-0.2, -0.15) is 0 Å². The van der Waals surface area contributed by atoms with Crippen LogP contribution in [0.1, 0.15) is 24.1 Å². The van der Waals surface area contributed by atoms with Crippen molar-refractivity contribution < 1.29 is 4.74 Å². The van der Waals surface area contributed by atoms with E-state index in [-0.39, 0.29) is 0 Å². The van der Waals surface area contributed by atoms with Crippen LogP contribution >= 0.6 is 0 Å². The van der Waals surface area contributed by atoms with E-state index in [4.69, 9.17) is 4.74 Å². The Kier molecular flexibility index (Phi) is 4.26. The zero-order valence-electron chi connectivity index (χ0n) is 14.3. The molecule has 0 aliphatic carbocycles. The van der Waals surface area contributed by atoms with Crippen LogP contribution < -0.4 is 4.74 Å². The summed E-state index contributed by atoms with van der Waals surface area (Å²) in [6, 6.07) is 29.6. The lowest BCUT2D eigenvalue weighted by molar-refractivity contribution is 0.306. The SMILES string of the molecule is CC(c1ccccc1)n1ccc2cc(OCc3ccccc3)ccc21. The van der Waals surface area contributed by atoms with Gasteiger partial charge in [0.25, 0.3) is 0 Å². The van der Waals surface area contributed by atoms with E-state index >= 15 is 0 Å². The predicted molar refractivity (Wildman–Crippen MR) is 103 cm³/mol. The van der Waals surface area contributed by atoms with E-state index in [1.54, 1.807) is 0 Å². The highest BCUT2D eigenvalue weighted by Gasteiger charge is 2.10. The molecule has 4 aromatic rings. The van der Waals surface area contributed by atoms with Gasteiger partial charge in [-0.25, -0.2) is 0 Å². The quantitative estimate of drug-likeness (QED) is 0.450. The molecule has 2 nitrogen and oxygen atoms in total. The van der Waals surface area contributed by atoms with Gasteiger partial charge in [0.1, 0.15) is 12.4 Å². The highest BCUT2D eigenvalue weighted by molar-refractivity contribution is 5.82. The summed E-state index contributed by atoms with van der Waals surface area (Å²) in [5, 5.41) is 1.20. The molecule has 25 heavy (non-hydrogen) atoms. The van der Waals surface area contributed by atoms with Crippen molar-refractivity contribution >= 4 is 10.9 Å². The Morgan fingerprint density at radius 3 is 2.32 bits per heavy atom. The fourth-order valence-electron chi connectivity index (χ4n) is 3.20. The predicted octanol–water partition coefficient (Wildman–Crippen LogP) is 5.83. The van der Waals surface area contributed by atoms with E-state index in [0.717, 1.165) is 5.75 Å². The van der Waals surface area contributed by atoms with Crippen LogP contribution in [-0.4, -0.2) is 4.57 Å². The van der Waals surface area contributed by atoms with Crippen LogP contribution in [0.5, 0.6) is 5.75 Å². The summed E-state index contributed by atoms with van der Waals surface area (Å²) in [6.45, 7) is 2.82. The first kappa shape index (κ1) is 15.5. The number of ether oxygens (including phenoxy) is 1. The molecule has 0 N–H and O–H groups in total. The summed E-state index contributed by atoms with van der Waals surface area (Å²) >= 11 is 0. The molecule has 0 aliphatic rings. The summed E-state index contributed by atoms with van der Waals surface area (Å²) in [6.07, 6.45) is 2.16. The molecule has 1 unspecified atom stereocenters. The molecule has 2 heteroatoms. The van der Waals surface area contributed by atoms with Gasteiger partial charge >= 0.3 is 0 Å². The van der Waals surface area contributed by atoms with Crippen molar-refractivity contribution in [2.45, 2.75) is 19.6 Å². The maximum Gasteiger partial charge on any atom is 0.120 e. The number of hydrogen-bond donors (Lipinski definition) is 0. The van der Waals surface area contributed by atoms with Crippen LogP contribution in [0.2, 0.25) is 0 Å². The average Bonchev–Trinajstić information content (AvgIpc) is 3.10. The van der Waals surface area contributed by atoms with Crippen molar-refractivity contribution in [2.75, 3.05) is 0 Å². The lowest BCUT2D eigenvalue weighted by Crippen LogP contribution is -2.04. The van der Waals surface area contributed by atoms with Crippen molar-refractivity contribution in [3.8, 4) is 5.75 Å². The molecule has 0 bridgehead atoms. The summed E-state index contributed by atoms with van der Waals surface area (Å²) in [4.78, 5) is 0. The minimum absolute atomic E-state index is 0.301. The third-order valence-electron chi connectivity index (χ3n) is 4.64. The number of benzene rings is 3. The van der Waals surface area contributed by atoms with Gasteiger partial charge in [0.05, 0.1) is 6.04 Å². The molecule has 4 rings (SSSR count). The maximum absolute atomic E-state index is 5.95. The van der Waals surface area contributed by atoms with Gasteiger partial charge in [0.15, 0.2) is 0 Å². The topological polar surface area (TPSA) is 14.2 Å². The van der Waals surface area contributed by atoms with Gasteiger partial charge in [-0.15, -0.1) is 0 Å². The van der Waals surface area contributed by atoms with E-state index in [1.807, 2.05) is 18.2 Å². The Morgan fingerprint density at radius 1 is 0.840 bits per heavy atom. The monoisotopic (exact) mass is 327 g/mol. The molecule has 1 atom stereocenters. The lowest BCUT2D eigenvalue weighted by Gasteiger charge is -2.16. The second kappa shape index (κ2) is 6.86. The number of nitrogens with zero attached hydrogens (tertiary/aromatic N) is 1. The summed E-state index contributed by atoms with van der Waals surface area (Å²) < 4.78 is 8.26. The second-order valence-electron chi connectivity index (χ2n) is 6.30. The molecule has 0 saturated heterocycles. The molecular weight excluding hydrogens is 306 g/mol. The van der Waals surface area contributed by atoms with Crippen LogP contribution in [0.3, 0.4) is 0 Å². The lowest BCUT2D eigenvalue weighted by atomic mass is 10.1. The Hall–Kier alpha value is -3.00. The molecule has 1 heterocycles. The molecule has 0 amide bonds. The molecule has 0 aliphatic heterocycles.